The van der Waals surface area contributed by atoms with E-state index >= 15 is 0 Å². The zero-order chi connectivity index (χ0) is 27.0. The fraction of sp³-hybridized carbons (Fsp3) is 0.520. The van der Waals surface area contributed by atoms with Gasteiger partial charge in [0.25, 0.3) is 11.8 Å². The number of hydrogen-bond acceptors (Lipinski definition) is 9. The molecule has 0 saturated carbocycles. The number of ether oxygens (including phenoxy) is 3. The van der Waals surface area contributed by atoms with Crippen molar-refractivity contribution in [2.75, 3.05) is 43.1 Å². The highest BCUT2D eigenvalue weighted by atomic mass is 19.1. The van der Waals surface area contributed by atoms with Crippen LogP contribution in [0.25, 0.3) is 0 Å². The van der Waals surface area contributed by atoms with Crippen LogP contribution in [0, 0.1) is 17.6 Å². The number of hydrogen-bond donors (Lipinski definition) is 3. The van der Waals surface area contributed by atoms with Gasteiger partial charge in [-0.05, 0) is 63.2 Å². The maximum atomic E-state index is 15.0. The summed E-state index contributed by atoms with van der Waals surface area (Å²) in [5, 5.41) is 5.87. The number of benzene rings is 1. The van der Waals surface area contributed by atoms with Crippen molar-refractivity contribution in [2.24, 2.45) is 11.7 Å². The summed E-state index contributed by atoms with van der Waals surface area (Å²) < 4.78 is 45.7. The van der Waals surface area contributed by atoms with Crippen LogP contribution in [0.2, 0.25) is 0 Å². The molecule has 0 radical (unpaired) electrons. The molecule has 38 heavy (non-hydrogen) atoms. The molecule has 1 aliphatic carbocycles. The van der Waals surface area contributed by atoms with Gasteiger partial charge in [0.15, 0.2) is 29.8 Å². The smallest absolute Gasteiger partial charge is 0.415 e. The number of carbonyl (C=O) groups excluding carboxylic acids is 2. The molecule has 13 heteroatoms. The third-order valence-electron chi connectivity index (χ3n) is 6.53. The Kier molecular flexibility index (Phi) is 7.05. The predicted octanol–water partition coefficient (Wildman–Crippen LogP) is 1.92. The second-order valence-electron chi connectivity index (χ2n) is 10.5. The Morgan fingerprint density at radius 2 is 2.08 bits per heavy atom. The summed E-state index contributed by atoms with van der Waals surface area (Å²) in [6, 6.07) is 1.10. The molecule has 2 unspecified atom stereocenters. The van der Waals surface area contributed by atoms with Gasteiger partial charge in [-0.1, -0.05) is 0 Å². The van der Waals surface area contributed by atoms with Gasteiger partial charge in [0.05, 0.1) is 12.7 Å². The first kappa shape index (κ1) is 26.0. The first-order valence-electron chi connectivity index (χ1n) is 12.5. The van der Waals surface area contributed by atoms with Crippen LogP contribution in [0.3, 0.4) is 0 Å². The van der Waals surface area contributed by atoms with E-state index in [1.807, 2.05) is 0 Å². The number of halogens is 2. The van der Waals surface area contributed by atoms with E-state index in [1.165, 1.54) is 11.1 Å². The number of amides is 2. The Bertz CT molecular complexity index is 1250. The van der Waals surface area contributed by atoms with Gasteiger partial charge in [-0.2, -0.15) is 0 Å². The molecule has 2 aliphatic heterocycles. The number of anilines is 2. The van der Waals surface area contributed by atoms with E-state index in [9.17, 15) is 18.4 Å². The summed E-state index contributed by atoms with van der Waals surface area (Å²) in [4.78, 5) is 33.6. The van der Waals surface area contributed by atoms with Crippen molar-refractivity contribution in [1.29, 1.82) is 0 Å². The van der Waals surface area contributed by atoms with E-state index in [2.05, 4.69) is 20.6 Å². The zero-order valence-electron chi connectivity index (χ0n) is 21.2. The highest BCUT2D eigenvalue weighted by Crippen LogP contribution is 2.36. The minimum absolute atomic E-state index is 0.0287. The fourth-order valence-corrected chi connectivity index (χ4v) is 4.70. The van der Waals surface area contributed by atoms with E-state index in [0.29, 0.717) is 43.5 Å². The third kappa shape index (κ3) is 5.63. The van der Waals surface area contributed by atoms with Gasteiger partial charge < -0.3 is 30.6 Å². The Balaban J connectivity index is 1.10. The van der Waals surface area contributed by atoms with Gasteiger partial charge in [0.1, 0.15) is 18.5 Å². The molecule has 0 spiro atoms. The molecular weight excluding hydrogens is 502 g/mol. The second-order valence-corrected chi connectivity index (χ2v) is 10.5. The molecular formula is C25H30F2N6O5. The molecule has 5 rings (SSSR count). The van der Waals surface area contributed by atoms with Crippen molar-refractivity contribution in [2.45, 2.75) is 44.8 Å². The Labute approximate surface area is 218 Å². The van der Waals surface area contributed by atoms with Crippen LogP contribution in [-0.2, 0) is 22.4 Å². The number of nitrogens with one attached hydrogen (secondary N) is 2. The van der Waals surface area contributed by atoms with Crippen LogP contribution >= 0.6 is 0 Å². The van der Waals surface area contributed by atoms with Crippen molar-refractivity contribution in [3.05, 3.63) is 35.0 Å². The van der Waals surface area contributed by atoms with E-state index in [-0.39, 0.29) is 61.0 Å². The van der Waals surface area contributed by atoms with Gasteiger partial charge in [-0.15, -0.1) is 0 Å². The monoisotopic (exact) mass is 532 g/mol. The van der Waals surface area contributed by atoms with Crippen molar-refractivity contribution >= 4 is 23.6 Å². The number of nitrogens with two attached hydrogens (primary N) is 1. The highest BCUT2D eigenvalue weighted by molar-refractivity contribution is 5.94. The van der Waals surface area contributed by atoms with Crippen molar-refractivity contribution in [3.8, 4) is 11.6 Å². The van der Waals surface area contributed by atoms with E-state index in [4.69, 9.17) is 19.9 Å². The van der Waals surface area contributed by atoms with Crippen LogP contribution in [0.5, 0.6) is 11.6 Å². The fourth-order valence-electron chi connectivity index (χ4n) is 4.70. The summed E-state index contributed by atoms with van der Waals surface area (Å²) in [7, 11) is 0. The lowest BCUT2D eigenvalue weighted by molar-refractivity contribution is -0.118. The molecule has 3 heterocycles. The first-order chi connectivity index (χ1) is 18.1. The lowest BCUT2D eigenvalue weighted by Gasteiger charge is -2.20. The van der Waals surface area contributed by atoms with Crippen molar-refractivity contribution in [3.63, 3.8) is 0 Å². The number of carbonyl (C=O) groups is 2. The summed E-state index contributed by atoms with van der Waals surface area (Å²) in [6.07, 6.45) is 1.83. The first-order valence-corrected chi connectivity index (χ1v) is 12.5. The van der Waals surface area contributed by atoms with Gasteiger partial charge in [-0.3, -0.25) is 9.69 Å². The Hall–Kier alpha value is -3.58. The largest absolute Gasteiger partial charge is 0.489 e. The van der Waals surface area contributed by atoms with Crippen molar-refractivity contribution in [1.82, 2.24) is 15.3 Å². The molecule has 1 aromatic heterocycles. The SMILES string of the molecule is CC(C)(N)COc1cc(F)c2c(c1F)CC(CNCCC1CN(c3cnc4c(n3)NC(=O)CO4)C(=O)O1)C2. The molecule has 1 fully saturated rings. The molecule has 0 bridgehead atoms. The van der Waals surface area contributed by atoms with Gasteiger partial charge >= 0.3 is 6.09 Å². The van der Waals surface area contributed by atoms with E-state index in [1.54, 1.807) is 13.8 Å². The highest BCUT2D eigenvalue weighted by Gasteiger charge is 2.34. The molecule has 3 aliphatic rings. The number of cyclic esters (lactones) is 1. The Morgan fingerprint density at radius 1 is 1.29 bits per heavy atom. The van der Waals surface area contributed by atoms with Crippen molar-refractivity contribution < 1.29 is 32.6 Å². The topological polar surface area (TPSA) is 141 Å². The van der Waals surface area contributed by atoms with Crippen LogP contribution in [0.4, 0.5) is 25.2 Å². The standard InChI is InChI=1S/C25H30F2N6O5/c1-25(2,28)12-37-18-7-17(26)15-5-13(6-16(15)21(18)27)8-29-4-3-14-10-33(24(35)38-14)19-9-30-23-22(31-19)32-20(34)11-36-23/h7,9,13-14,29H,3-6,8,10-12,28H2,1-2H3,(H,31,32,34). The molecule has 4 N–H and O–H groups in total. The minimum atomic E-state index is -0.667. The van der Waals surface area contributed by atoms with Crippen LogP contribution < -0.4 is 30.7 Å². The number of fused-ring (bicyclic) bond motifs is 2. The van der Waals surface area contributed by atoms with Gasteiger partial charge in [0, 0.05) is 11.6 Å². The Morgan fingerprint density at radius 3 is 2.87 bits per heavy atom. The molecule has 2 atom stereocenters. The number of aromatic nitrogens is 2. The average Bonchev–Trinajstić information content (AvgIpc) is 3.46. The lowest BCUT2D eigenvalue weighted by atomic mass is 10.1. The lowest BCUT2D eigenvalue weighted by Crippen LogP contribution is -2.38. The molecule has 1 aromatic carbocycles. The zero-order valence-corrected chi connectivity index (χ0v) is 21.2. The molecule has 204 valence electrons. The molecule has 2 amide bonds. The third-order valence-corrected chi connectivity index (χ3v) is 6.53. The van der Waals surface area contributed by atoms with Crippen LogP contribution in [0.15, 0.2) is 12.3 Å². The minimum Gasteiger partial charge on any atom is -0.489 e. The second kappa shape index (κ2) is 10.3. The average molecular weight is 533 g/mol. The van der Waals surface area contributed by atoms with Gasteiger partial charge in [-0.25, -0.2) is 23.5 Å². The maximum absolute atomic E-state index is 15.0. The van der Waals surface area contributed by atoms with E-state index < -0.39 is 23.3 Å². The summed E-state index contributed by atoms with van der Waals surface area (Å²) in [6.45, 7) is 4.80. The summed E-state index contributed by atoms with van der Waals surface area (Å²) in [5.41, 5.74) is 5.97. The van der Waals surface area contributed by atoms with E-state index in [0.717, 1.165) is 6.07 Å². The summed E-state index contributed by atoms with van der Waals surface area (Å²) in [5.74, 6) is -0.827. The van der Waals surface area contributed by atoms with Crippen LogP contribution in [0.1, 0.15) is 31.4 Å². The quantitative estimate of drug-likeness (QED) is 0.413. The summed E-state index contributed by atoms with van der Waals surface area (Å²) >= 11 is 0. The normalized spacial score (nSPS) is 20.5. The molecule has 11 nitrogen and oxygen atoms in total. The predicted molar refractivity (Wildman–Crippen MR) is 132 cm³/mol. The number of nitrogens with zero attached hydrogens (tertiary/aromatic N) is 3. The van der Waals surface area contributed by atoms with Gasteiger partial charge in [0.2, 0.25) is 0 Å². The maximum Gasteiger partial charge on any atom is 0.415 e. The number of rotatable bonds is 9. The van der Waals surface area contributed by atoms with Crippen LogP contribution in [-0.4, -0.2) is 66.5 Å². The molecule has 1 saturated heterocycles. The molecule has 2 aromatic rings.